The van der Waals surface area contributed by atoms with E-state index in [0.29, 0.717) is 0 Å². The maximum absolute atomic E-state index is 13.1. The van der Waals surface area contributed by atoms with Gasteiger partial charge in [0, 0.05) is 23.3 Å². The Labute approximate surface area is 179 Å². The molecule has 1 saturated carbocycles. The third-order valence-electron chi connectivity index (χ3n) is 5.07. The van der Waals surface area contributed by atoms with Crippen molar-refractivity contribution in [3.05, 3.63) is 30.5 Å². The molecule has 2 aromatic rings. The second-order valence-electron chi connectivity index (χ2n) is 10.1. The van der Waals surface area contributed by atoms with Crippen molar-refractivity contribution in [1.29, 1.82) is 0 Å². The summed E-state index contributed by atoms with van der Waals surface area (Å²) in [6, 6.07) is 7.71. The summed E-state index contributed by atoms with van der Waals surface area (Å²) in [5, 5.41) is 0.878. The van der Waals surface area contributed by atoms with Crippen LogP contribution in [0, 0.1) is 0 Å². The van der Waals surface area contributed by atoms with Gasteiger partial charge in [0.15, 0.2) is 0 Å². The lowest BCUT2D eigenvalue weighted by Crippen LogP contribution is -2.44. The van der Waals surface area contributed by atoms with E-state index in [4.69, 9.17) is 9.47 Å². The Morgan fingerprint density at radius 3 is 2.17 bits per heavy atom. The topological polar surface area (TPSA) is 60.8 Å². The molecule has 1 amide bonds. The molecule has 0 spiro atoms. The second-order valence-corrected chi connectivity index (χ2v) is 10.1. The van der Waals surface area contributed by atoms with E-state index in [1.807, 2.05) is 65.8 Å². The SMILES string of the molecule is CC(C)(C)OC(=O)N(c1ccc2c(ccn2C(=O)OC(C)(C)C)c1)C1CCCCC1. The second kappa shape index (κ2) is 8.32. The maximum Gasteiger partial charge on any atom is 0.418 e. The molecule has 0 saturated heterocycles. The first-order valence-electron chi connectivity index (χ1n) is 10.8. The van der Waals surface area contributed by atoms with Gasteiger partial charge in [-0.15, -0.1) is 0 Å². The number of hydrogen-bond acceptors (Lipinski definition) is 4. The Kier molecular flexibility index (Phi) is 6.16. The van der Waals surface area contributed by atoms with Crippen LogP contribution in [0.1, 0.15) is 73.6 Å². The van der Waals surface area contributed by atoms with Crippen molar-refractivity contribution in [3.8, 4) is 0 Å². The lowest BCUT2D eigenvalue weighted by molar-refractivity contribution is 0.0537. The highest BCUT2D eigenvalue weighted by Crippen LogP contribution is 2.31. The third-order valence-corrected chi connectivity index (χ3v) is 5.07. The number of nitrogens with zero attached hydrogens (tertiary/aromatic N) is 2. The van der Waals surface area contributed by atoms with Gasteiger partial charge in [0.05, 0.1) is 5.52 Å². The van der Waals surface area contributed by atoms with Gasteiger partial charge in [-0.05, 0) is 78.6 Å². The smallest absolute Gasteiger partial charge is 0.418 e. The fraction of sp³-hybridized carbons (Fsp3) is 0.583. The zero-order chi connectivity index (χ0) is 22.1. The van der Waals surface area contributed by atoms with Crippen LogP contribution in [0.25, 0.3) is 10.9 Å². The fourth-order valence-electron chi connectivity index (χ4n) is 3.87. The van der Waals surface area contributed by atoms with E-state index in [0.717, 1.165) is 42.3 Å². The molecule has 0 bridgehead atoms. The summed E-state index contributed by atoms with van der Waals surface area (Å²) in [5.41, 5.74) is 0.419. The Balaban J connectivity index is 1.94. The molecule has 0 unspecified atom stereocenters. The van der Waals surface area contributed by atoms with Crippen molar-refractivity contribution < 1.29 is 19.1 Å². The Hall–Kier alpha value is -2.50. The number of rotatable bonds is 2. The standard InChI is InChI=1S/C24H34N2O4/c1-23(2,3)29-21(27)25-15-14-17-16-19(12-13-20(17)25)26(18-10-8-7-9-11-18)22(28)30-24(4,5)6/h12-16,18H,7-11H2,1-6H3. The van der Waals surface area contributed by atoms with Crippen molar-refractivity contribution in [1.82, 2.24) is 4.57 Å². The number of ether oxygens (including phenoxy) is 2. The van der Waals surface area contributed by atoms with Crippen LogP contribution < -0.4 is 4.90 Å². The lowest BCUT2D eigenvalue weighted by atomic mass is 9.94. The summed E-state index contributed by atoms with van der Waals surface area (Å²) in [5.74, 6) is 0. The van der Waals surface area contributed by atoms with Gasteiger partial charge in [-0.25, -0.2) is 9.59 Å². The fourth-order valence-corrected chi connectivity index (χ4v) is 3.87. The van der Waals surface area contributed by atoms with Gasteiger partial charge in [-0.3, -0.25) is 9.47 Å². The van der Waals surface area contributed by atoms with E-state index >= 15 is 0 Å². The average molecular weight is 415 g/mol. The molecule has 0 atom stereocenters. The van der Waals surface area contributed by atoms with E-state index < -0.39 is 17.3 Å². The normalized spacial score (nSPS) is 15.8. The molecule has 6 nitrogen and oxygen atoms in total. The third kappa shape index (κ3) is 5.35. The minimum Gasteiger partial charge on any atom is -0.443 e. The highest BCUT2D eigenvalue weighted by molar-refractivity contribution is 5.95. The van der Waals surface area contributed by atoms with Gasteiger partial charge in [0.2, 0.25) is 0 Å². The molecule has 1 aliphatic carbocycles. The molecule has 1 aromatic heterocycles. The van der Waals surface area contributed by atoms with Crippen LogP contribution in [0.5, 0.6) is 0 Å². The summed E-state index contributed by atoms with van der Waals surface area (Å²) in [6.07, 6.45) is 6.34. The molecule has 1 heterocycles. The molecule has 6 heteroatoms. The summed E-state index contributed by atoms with van der Waals surface area (Å²) in [6.45, 7) is 11.2. The first kappa shape index (κ1) is 22.2. The molecule has 0 aliphatic heterocycles. The van der Waals surface area contributed by atoms with Crippen molar-refractivity contribution in [2.24, 2.45) is 0 Å². The summed E-state index contributed by atoms with van der Waals surface area (Å²) >= 11 is 0. The van der Waals surface area contributed by atoms with Gasteiger partial charge < -0.3 is 9.47 Å². The van der Waals surface area contributed by atoms with E-state index in [9.17, 15) is 9.59 Å². The van der Waals surface area contributed by atoms with Gasteiger partial charge in [-0.1, -0.05) is 19.3 Å². The van der Waals surface area contributed by atoms with Crippen LogP contribution in [0.3, 0.4) is 0 Å². The van der Waals surface area contributed by atoms with E-state index in [-0.39, 0.29) is 12.1 Å². The molecule has 3 rings (SSSR count). The van der Waals surface area contributed by atoms with Crippen LogP contribution in [-0.4, -0.2) is 34.0 Å². The van der Waals surface area contributed by atoms with Crippen LogP contribution >= 0.6 is 0 Å². The predicted molar refractivity (Wildman–Crippen MR) is 119 cm³/mol. The van der Waals surface area contributed by atoms with Crippen LogP contribution in [0.4, 0.5) is 15.3 Å². The molecule has 0 radical (unpaired) electrons. The van der Waals surface area contributed by atoms with E-state index in [1.54, 1.807) is 11.1 Å². The zero-order valence-corrected chi connectivity index (χ0v) is 19.0. The number of fused-ring (bicyclic) bond motifs is 1. The molecule has 1 aliphatic rings. The molecular formula is C24H34N2O4. The van der Waals surface area contributed by atoms with Gasteiger partial charge in [0.25, 0.3) is 0 Å². The number of aromatic nitrogens is 1. The Morgan fingerprint density at radius 2 is 1.57 bits per heavy atom. The Bertz CT molecular complexity index is 911. The molecule has 164 valence electrons. The molecular weight excluding hydrogens is 380 g/mol. The van der Waals surface area contributed by atoms with Crippen molar-refractivity contribution >= 4 is 28.8 Å². The van der Waals surface area contributed by atoms with Crippen molar-refractivity contribution in [2.75, 3.05) is 4.90 Å². The highest BCUT2D eigenvalue weighted by Gasteiger charge is 2.31. The first-order chi connectivity index (χ1) is 13.9. The number of amides is 1. The minimum absolute atomic E-state index is 0.124. The van der Waals surface area contributed by atoms with Crippen LogP contribution in [0.15, 0.2) is 30.5 Å². The Morgan fingerprint density at radius 1 is 0.933 bits per heavy atom. The minimum atomic E-state index is -0.567. The number of benzene rings is 1. The maximum atomic E-state index is 13.1. The summed E-state index contributed by atoms with van der Waals surface area (Å²) in [4.78, 5) is 27.4. The largest absolute Gasteiger partial charge is 0.443 e. The van der Waals surface area contributed by atoms with Crippen molar-refractivity contribution in [3.63, 3.8) is 0 Å². The number of anilines is 1. The number of carbonyl (C=O) groups is 2. The van der Waals surface area contributed by atoms with Crippen molar-refractivity contribution in [2.45, 2.75) is 90.9 Å². The van der Waals surface area contributed by atoms with E-state index in [2.05, 4.69) is 0 Å². The first-order valence-corrected chi connectivity index (χ1v) is 10.8. The number of carbonyl (C=O) groups excluding carboxylic acids is 2. The summed E-state index contributed by atoms with van der Waals surface area (Å²) in [7, 11) is 0. The van der Waals surface area contributed by atoms with Gasteiger partial charge >= 0.3 is 12.2 Å². The number of hydrogen-bond donors (Lipinski definition) is 0. The molecule has 0 N–H and O–H groups in total. The zero-order valence-electron chi connectivity index (χ0n) is 19.0. The van der Waals surface area contributed by atoms with Gasteiger partial charge in [0.1, 0.15) is 11.2 Å². The predicted octanol–water partition coefficient (Wildman–Crippen LogP) is 6.50. The highest BCUT2D eigenvalue weighted by atomic mass is 16.6. The summed E-state index contributed by atoms with van der Waals surface area (Å²) < 4.78 is 12.7. The quantitative estimate of drug-likeness (QED) is 0.563. The van der Waals surface area contributed by atoms with Crippen LogP contribution in [-0.2, 0) is 9.47 Å². The molecule has 1 fully saturated rings. The lowest BCUT2D eigenvalue weighted by Gasteiger charge is -2.35. The molecule has 30 heavy (non-hydrogen) atoms. The van der Waals surface area contributed by atoms with Gasteiger partial charge in [-0.2, -0.15) is 0 Å². The molecule has 1 aromatic carbocycles. The van der Waals surface area contributed by atoms with Crippen LogP contribution in [0.2, 0.25) is 0 Å². The van der Waals surface area contributed by atoms with E-state index in [1.165, 1.54) is 11.0 Å². The average Bonchev–Trinajstić information content (AvgIpc) is 3.03. The monoisotopic (exact) mass is 414 g/mol.